The fraction of sp³-hybridized carbons (Fsp3) is 0.667. The quantitative estimate of drug-likeness (QED) is 0.660. The Morgan fingerprint density at radius 2 is 1.94 bits per heavy atom. The second-order valence-corrected chi connectivity index (χ2v) is 10.4. The zero-order valence-corrected chi connectivity index (χ0v) is 20.3. The van der Waals surface area contributed by atoms with Gasteiger partial charge < -0.3 is 20.1 Å². The number of hydrogen-bond acceptors (Lipinski definition) is 6. The van der Waals surface area contributed by atoms with Crippen molar-refractivity contribution in [2.45, 2.75) is 76.2 Å². The van der Waals surface area contributed by atoms with E-state index in [1.54, 1.807) is 0 Å². The first kappa shape index (κ1) is 23.6. The number of benzene rings is 1. The third-order valence-electron chi connectivity index (χ3n) is 8.06. The first-order valence-electron chi connectivity index (χ1n) is 13.2. The van der Waals surface area contributed by atoms with Gasteiger partial charge in [0.2, 0.25) is 5.91 Å². The number of rotatable bonds is 1. The van der Waals surface area contributed by atoms with E-state index in [9.17, 15) is 4.79 Å². The van der Waals surface area contributed by atoms with E-state index < -0.39 is 0 Å². The van der Waals surface area contributed by atoms with Gasteiger partial charge in [0.05, 0.1) is 18.9 Å². The van der Waals surface area contributed by atoms with Crippen molar-refractivity contribution in [1.29, 1.82) is 0 Å². The van der Waals surface area contributed by atoms with Crippen molar-refractivity contribution in [3.05, 3.63) is 41.3 Å². The standard InChI is InChI=1S/C27H40N4O3/c28-27(32)24-16-23-18-30(24)14-12-29-19-33-25-11-6-10-20(25)7-2-1-5-13-31-17-22-9-4-3-8-21(22)15-26(31)34-23/h3-4,8-9,15,20,23-25,29H,1-2,5-7,10-14,16-19H2,(H2,28,32). The zero-order valence-electron chi connectivity index (χ0n) is 20.3. The molecule has 1 saturated carbocycles. The number of nitrogens with one attached hydrogen (secondary N) is 1. The largest absolute Gasteiger partial charge is 0.474 e. The molecule has 3 heterocycles. The van der Waals surface area contributed by atoms with Crippen LogP contribution in [0.3, 0.4) is 0 Å². The maximum atomic E-state index is 12.2. The van der Waals surface area contributed by atoms with Crippen LogP contribution in [0.25, 0.3) is 6.08 Å². The van der Waals surface area contributed by atoms with Crippen molar-refractivity contribution >= 4 is 12.0 Å². The molecule has 5 rings (SSSR count). The van der Waals surface area contributed by atoms with Crippen LogP contribution in [-0.4, -0.2) is 66.9 Å². The summed E-state index contributed by atoms with van der Waals surface area (Å²) in [4.78, 5) is 16.7. The minimum atomic E-state index is -0.279. The summed E-state index contributed by atoms with van der Waals surface area (Å²) in [6.45, 7) is 4.70. The molecule has 0 aromatic heterocycles. The Labute approximate surface area is 203 Å². The summed E-state index contributed by atoms with van der Waals surface area (Å²) >= 11 is 0. The molecule has 1 aromatic rings. The molecule has 34 heavy (non-hydrogen) atoms. The lowest BCUT2D eigenvalue weighted by molar-refractivity contribution is -0.122. The summed E-state index contributed by atoms with van der Waals surface area (Å²) in [6, 6.07) is 8.29. The van der Waals surface area contributed by atoms with Crippen molar-refractivity contribution in [2.24, 2.45) is 11.7 Å². The summed E-state index contributed by atoms with van der Waals surface area (Å²) in [5.74, 6) is 1.37. The Morgan fingerprint density at radius 1 is 1.06 bits per heavy atom. The van der Waals surface area contributed by atoms with E-state index in [1.807, 2.05) is 0 Å². The maximum absolute atomic E-state index is 12.2. The third kappa shape index (κ3) is 5.58. The molecule has 1 aromatic carbocycles. The van der Waals surface area contributed by atoms with Crippen molar-refractivity contribution in [3.63, 3.8) is 0 Å². The van der Waals surface area contributed by atoms with Crippen LogP contribution in [0.15, 0.2) is 30.1 Å². The molecule has 2 bridgehead atoms. The summed E-state index contributed by atoms with van der Waals surface area (Å²) in [6.07, 6.45) is 11.9. The Morgan fingerprint density at radius 3 is 2.85 bits per heavy atom. The van der Waals surface area contributed by atoms with Crippen molar-refractivity contribution in [3.8, 4) is 0 Å². The highest BCUT2D eigenvalue weighted by Crippen LogP contribution is 2.33. The fourth-order valence-electron chi connectivity index (χ4n) is 6.18. The van der Waals surface area contributed by atoms with Crippen LogP contribution in [0.1, 0.15) is 62.5 Å². The summed E-state index contributed by atoms with van der Waals surface area (Å²) in [7, 11) is 0. The van der Waals surface area contributed by atoms with Gasteiger partial charge in [-0.1, -0.05) is 43.5 Å². The molecule has 5 atom stereocenters. The third-order valence-corrected chi connectivity index (χ3v) is 8.06. The lowest BCUT2D eigenvalue weighted by Gasteiger charge is -2.33. The number of hydrogen-bond donors (Lipinski definition) is 2. The number of fused-ring (bicyclic) bond motifs is 5. The second kappa shape index (κ2) is 11.1. The van der Waals surface area contributed by atoms with Gasteiger partial charge in [0.1, 0.15) is 6.10 Å². The SMILES string of the molecule is NC(=O)C1CC2CN1CCNCOC1CCCC1CCCCCN1Cc3ccccc3C=C1O2. The zero-order chi connectivity index (χ0) is 23.3. The summed E-state index contributed by atoms with van der Waals surface area (Å²) < 4.78 is 12.8. The van der Waals surface area contributed by atoms with Crippen LogP contribution in [0.4, 0.5) is 0 Å². The van der Waals surface area contributed by atoms with Gasteiger partial charge in [0.25, 0.3) is 0 Å². The van der Waals surface area contributed by atoms with Crippen LogP contribution >= 0.6 is 0 Å². The molecular weight excluding hydrogens is 428 g/mol. The lowest BCUT2D eigenvalue weighted by Crippen LogP contribution is -2.43. The normalized spacial score (nSPS) is 32.9. The van der Waals surface area contributed by atoms with Crippen LogP contribution in [0.5, 0.6) is 0 Å². The monoisotopic (exact) mass is 468 g/mol. The molecule has 7 nitrogen and oxygen atoms in total. The molecule has 7 heteroatoms. The highest BCUT2D eigenvalue weighted by molar-refractivity contribution is 5.80. The highest BCUT2D eigenvalue weighted by Gasteiger charge is 2.37. The van der Waals surface area contributed by atoms with Gasteiger partial charge in [-0.3, -0.25) is 15.0 Å². The first-order valence-corrected chi connectivity index (χ1v) is 13.2. The molecule has 3 N–H and O–H groups in total. The van der Waals surface area contributed by atoms with Crippen LogP contribution in [0, 0.1) is 5.92 Å². The molecule has 4 aliphatic rings. The number of nitrogens with zero attached hydrogens (tertiary/aromatic N) is 2. The molecular formula is C27H40N4O3. The topological polar surface area (TPSA) is 80.1 Å². The van der Waals surface area contributed by atoms with E-state index in [1.165, 1.54) is 49.7 Å². The second-order valence-electron chi connectivity index (χ2n) is 10.4. The lowest BCUT2D eigenvalue weighted by atomic mass is 9.97. The van der Waals surface area contributed by atoms with Crippen LogP contribution in [0.2, 0.25) is 0 Å². The molecule has 3 fully saturated rings. The van der Waals surface area contributed by atoms with Crippen molar-refractivity contribution in [2.75, 3.05) is 32.9 Å². The van der Waals surface area contributed by atoms with Gasteiger partial charge in [0, 0.05) is 45.2 Å². The molecule has 0 radical (unpaired) electrons. The predicted molar refractivity (Wildman–Crippen MR) is 132 cm³/mol. The number of ether oxygens (including phenoxy) is 2. The summed E-state index contributed by atoms with van der Waals surface area (Å²) in [5, 5.41) is 3.42. The van der Waals surface area contributed by atoms with E-state index in [-0.39, 0.29) is 18.1 Å². The van der Waals surface area contributed by atoms with Gasteiger partial charge in [0.15, 0.2) is 5.88 Å². The van der Waals surface area contributed by atoms with Crippen LogP contribution < -0.4 is 11.1 Å². The number of nitrogens with two attached hydrogens (primary N) is 1. The van der Waals surface area contributed by atoms with E-state index in [4.69, 9.17) is 15.2 Å². The van der Waals surface area contributed by atoms with Crippen molar-refractivity contribution < 1.29 is 14.3 Å². The van der Waals surface area contributed by atoms with E-state index >= 15 is 0 Å². The van der Waals surface area contributed by atoms with Gasteiger partial charge >= 0.3 is 0 Å². The van der Waals surface area contributed by atoms with E-state index in [2.05, 4.69) is 45.5 Å². The molecule has 1 amide bonds. The molecule has 1 aliphatic carbocycles. The Bertz CT molecular complexity index is 875. The molecule has 3 aliphatic heterocycles. The average Bonchev–Trinajstić information content (AvgIpc) is 3.45. The van der Waals surface area contributed by atoms with Crippen molar-refractivity contribution in [1.82, 2.24) is 15.1 Å². The number of amides is 1. The van der Waals surface area contributed by atoms with Gasteiger partial charge in [-0.25, -0.2) is 0 Å². The molecule has 0 spiro atoms. The predicted octanol–water partition coefficient (Wildman–Crippen LogP) is 3.05. The first-order chi connectivity index (χ1) is 16.7. The van der Waals surface area contributed by atoms with Gasteiger partial charge in [-0.15, -0.1) is 0 Å². The smallest absolute Gasteiger partial charge is 0.234 e. The van der Waals surface area contributed by atoms with E-state index in [0.29, 0.717) is 31.7 Å². The van der Waals surface area contributed by atoms with Crippen LogP contribution in [-0.2, 0) is 20.8 Å². The minimum absolute atomic E-state index is 0.0362. The Balaban J connectivity index is 1.31. The number of carbonyl (C=O) groups is 1. The number of carbonyl (C=O) groups excluding carboxylic acids is 1. The molecule has 186 valence electrons. The van der Waals surface area contributed by atoms with Gasteiger partial charge in [-0.05, 0) is 42.7 Å². The molecule has 5 unspecified atom stereocenters. The Hall–Kier alpha value is -2.09. The van der Waals surface area contributed by atoms with Gasteiger partial charge in [-0.2, -0.15) is 0 Å². The average molecular weight is 469 g/mol. The fourth-order valence-corrected chi connectivity index (χ4v) is 6.18. The Kier molecular flexibility index (Phi) is 7.72. The van der Waals surface area contributed by atoms with E-state index in [0.717, 1.165) is 38.5 Å². The number of primary amides is 1. The molecule has 2 saturated heterocycles. The minimum Gasteiger partial charge on any atom is -0.474 e. The maximum Gasteiger partial charge on any atom is 0.234 e. The highest BCUT2D eigenvalue weighted by atomic mass is 16.5. The summed E-state index contributed by atoms with van der Waals surface area (Å²) in [5.41, 5.74) is 8.34.